The SMILES string of the molecule is CCCC(C)Cn1nc(N)nc1Br. The summed E-state index contributed by atoms with van der Waals surface area (Å²) >= 11 is 3.31. The van der Waals surface area contributed by atoms with Gasteiger partial charge in [-0.15, -0.1) is 5.10 Å². The molecule has 1 atom stereocenters. The normalized spacial score (nSPS) is 13.2. The van der Waals surface area contributed by atoms with Crippen molar-refractivity contribution in [3.63, 3.8) is 0 Å². The van der Waals surface area contributed by atoms with Gasteiger partial charge in [-0.25, -0.2) is 4.68 Å². The average Bonchev–Trinajstić information content (AvgIpc) is 2.30. The van der Waals surface area contributed by atoms with Gasteiger partial charge in [0.1, 0.15) is 0 Å². The number of nitrogens with two attached hydrogens (primary N) is 1. The molecule has 2 N–H and O–H groups in total. The fourth-order valence-electron chi connectivity index (χ4n) is 1.33. The molecule has 0 radical (unpaired) electrons. The van der Waals surface area contributed by atoms with Gasteiger partial charge < -0.3 is 5.73 Å². The lowest BCUT2D eigenvalue weighted by Crippen LogP contribution is -2.09. The minimum Gasteiger partial charge on any atom is -0.366 e. The Bertz CT molecular complexity index is 271. The van der Waals surface area contributed by atoms with E-state index in [-0.39, 0.29) is 0 Å². The molecule has 0 amide bonds. The van der Waals surface area contributed by atoms with E-state index >= 15 is 0 Å². The summed E-state index contributed by atoms with van der Waals surface area (Å²) in [5, 5.41) is 4.07. The first-order valence-corrected chi connectivity index (χ1v) is 5.28. The molecule has 1 unspecified atom stereocenters. The molecule has 1 aromatic rings. The lowest BCUT2D eigenvalue weighted by Gasteiger charge is -2.09. The Hall–Kier alpha value is -0.580. The summed E-state index contributed by atoms with van der Waals surface area (Å²) in [4.78, 5) is 3.97. The Labute approximate surface area is 86.7 Å². The third kappa shape index (κ3) is 2.99. The van der Waals surface area contributed by atoms with Crippen LogP contribution in [0.1, 0.15) is 26.7 Å². The van der Waals surface area contributed by atoms with E-state index < -0.39 is 0 Å². The molecule has 0 spiro atoms. The quantitative estimate of drug-likeness (QED) is 0.885. The summed E-state index contributed by atoms with van der Waals surface area (Å²) in [7, 11) is 0. The van der Waals surface area contributed by atoms with Crippen molar-refractivity contribution >= 4 is 21.9 Å². The predicted octanol–water partition coefficient (Wildman–Crippen LogP) is 2.06. The van der Waals surface area contributed by atoms with Gasteiger partial charge in [0.05, 0.1) is 0 Å². The van der Waals surface area contributed by atoms with Crippen molar-refractivity contribution in [1.29, 1.82) is 0 Å². The molecule has 13 heavy (non-hydrogen) atoms. The van der Waals surface area contributed by atoms with E-state index in [1.165, 1.54) is 12.8 Å². The Morgan fingerprint density at radius 1 is 1.62 bits per heavy atom. The average molecular weight is 247 g/mol. The van der Waals surface area contributed by atoms with Crippen molar-refractivity contribution in [2.24, 2.45) is 5.92 Å². The molecule has 1 heterocycles. The molecule has 0 aliphatic carbocycles. The molecular weight excluding hydrogens is 232 g/mol. The van der Waals surface area contributed by atoms with Gasteiger partial charge in [-0.3, -0.25) is 0 Å². The first-order valence-electron chi connectivity index (χ1n) is 4.49. The zero-order valence-electron chi connectivity index (χ0n) is 8.00. The van der Waals surface area contributed by atoms with Gasteiger partial charge in [0.2, 0.25) is 5.95 Å². The third-order valence-corrected chi connectivity index (χ3v) is 2.50. The lowest BCUT2D eigenvalue weighted by atomic mass is 10.1. The topological polar surface area (TPSA) is 56.7 Å². The van der Waals surface area contributed by atoms with Gasteiger partial charge in [0, 0.05) is 6.54 Å². The number of hydrogen-bond donors (Lipinski definition) is 1. The lowest BCUT2D eigenvalue weighted by molar-refractivity contribution is 0.415. The highest BCUT2D eigenvalue weighted by Crippen LogP contribution is 2.13. The van der Waals surface area contributed by atoms with Crippen LogP contribution in [0, 0.1) is 5.92 Å². The highest BCUT2D eigenvalue weighted by molar-refractivity contribution is 9.10. The Kier molecular flexibility index (Phi) is 3.71. The monoisotopic (exact) mass is 246 g/mol. The second-order valence-electron chi connectivity index (χ2n) is 3.31. The van der Waals surface area contributed by atoms with Crippen molar-refractivity contribution in [2.45, 2.75) is 33.2 Å². The standard InChI is InChI=1S/C8H15BrN4/c1-3-4-6(2)5-13-7(9)11-8(10)12-13/h6H,3-5H2,1-2H3,(H2,10,12). The fraction of sp³-hybridized carbons (Fsp3) is 0.750. The molecule has 0 aromatic carbocycles. The van der Waals surface area contributed by atoms with Crippen molar-refractivity contribution in [3.05, 3.63) is 4.73 Å². The highest BCUT2D eigenvalue weighted by Gasteiger charge is 2.08. The van der Waals surface area contributed by atoms with Crippen LogP contribution in [-0.4, -0.2) is 14.8 Å². The van der Waals surface area contributed by atoms with Gasteiger partial charge >= 0.3 is 0 Å². The van der Waals surface area contributed by atoms with Crippen LogP contribution in [0.2, 0.25) is 0 Å². The maximum absolute atomic E-state index is 5.46. The minimum atomic E-state index is 0.329. The summed E-state index contributed by atoms with van der Waals surface area (Å²) in [6, 6.07) is 0. The summed E-state index contributed by atoms with van der Waals surface area (Å²) in [5.41, 5.74) is 5.46. The molecule has 5 heteroatoms. The maximum Gasteiger partial charge on any atom is 0.240 e. The van der Waals surface area contributed by atoms with Crippen LogP contribution in [0.15, 0.2) is 4.73 Å². The number of anilines is 1. The summed E-state index contributed by atoms with van der Waals surface area (Å²) in [6.07, 6.45) is 2.40. The molecule has 1 rings (SSSR count). The Morgan fingerprint density at radius 3 is 2.77 bits per heavy atom. The minimum absolute atomic E-state index is 0.329. The molecule has 0 saturated heterocycles. The van der Waals surface area contributed by atoms with Crippen LogP contribution in [0.5, 0.6) is 0 Å². The molecule has 0 saturated carbocycles. The van der Waals surface area contributed by atoms with Crippen molar-refractivity contribution < 1.29 is 0 Å². The zero-order chi connectivity index (χ0) is 9.84. The predicted molar refractivity (Wildman–Crippen MR) is 56.2 cm³/mol. The van der Waals surface area contributed by atoms with E-state index in [0.717, 1.165) is 6.54 Å². The number of nitrogens with zero attached hydrogens (tertiary/aromatic N) is 3. The maximum atomic E-state index is 5.46. The first kappa shape index (κ1) is 10.5. The van der Waals surface area contributed by atoms with E-state index in [9.17, 15) is 0 Å². The van der Waals surface area contributed by atoms with E-state index in [2.05, 4.69) is 39.9 Å². The molecule has 0 bridgehead atoms. The van der Waals surface area contributed by atoms with Crippen molar-refractivity contribution in [3.8, 4) is 0 Å². The van der Waals surface area contributed by atoms with Crippen LogP contribution in [0.25, 0.3) is 0 Å². The fourth-order valence-corrected chi connectivity index (χ4v) is 1.74. The Balaban J connectivity index is 2.57. The van der Waals surface area contributed by atoms with Crippen molar-refractivity contribution in [1.82, 2.24) is 14.8 Å². The first-order chi connectivity index (χ1) is 6.13. The summed E-state index contributed by atoms with van der Waals surface area (Å²) < 4.78 is 2.52. The molecule has 1 aromatic heterocycles. The largest absolute Gasteiger partial charge is 0.366 e. The summed E-state index contributed by atoms with van der Waals surface area (Å²) in [5.74, 6) is 0.943. The van der Waals surface area contributed by atoms with E-state index in [4.69, 9.17) is 5.73 Å². The van der Waals surface area contributed by atoms with E-state index in [0.29, 0.717) is 16.6 Å². The number of aromatic nitrogens is 3. The second kappa shape index (κ2) is 4.60. The zero-order valence-corrected chi connectivity index (χ0v) is 9.58. The van der Waals surface area contributed by atoms with Crippen LogP contribution in [-0.2, 0) is 6.54 Å². The molecule has 74 valence electrons. The van der Waals surface area contributed by atoms with Gasteiger partial charge in [0.15, 0.2) is 4.73 Å². The summed E-state index contributed by atoms with van der Waals surface area (Å²) in [6.45, 7) is 5.26. The third-order valence-electron chi connectivity index (χ3n) is 1.91. The molecular formula is C8H15BrN4. The van der Waals surface area contributed by atoms with Crippen molar-refractivity contribution in [2.75, 3.05) is 5.73 Å². The van der Waals surface area contributed by atoms with E-state index in [1.54, 1.807) is 4.68 Å². The van der Waals surface area contributed by atoms with E-state index in [1.807, 2.05) is 0 Å². The highest BCUT2D eigenvalue weighted by atomic mass is 79.9. The Morgan fingerprint density at radius 2 is 2.31 bits per heavy atom. The number of rotatable bonds is 4. The molecule has 4 nitrogen and oxygen atoms in total. The van der Waals surface area contributed by atoms with Gasteiger partial charge in [-0.1, -0.05) is 20.3 Å². The number of nitrogen functional groups attached to an aromatic ring is 1. The van der Waals surface area contributed by atoms with Gasteiger partial charge in [0.25, 0.3) is 0 Å². The van der Waals surface area contributed by atoms with Crippen LogP contribution in [0.3, 0.4) is 0 Å². The van der Waals surface area contributed by atoms with Gasteiger partial charge in [-0.05, 0) is 28.3 Å². The smallest absolute Gasteiger partial charge is 0.240 e. The number of hydrogen-bond acceptors (Lipinski definition) is 3. The second-order valence-corrected chi connectivity index (χ2v) is 4.02. The van der Waals surface area contributed by atoms with Crippen LogP contribution < -0.4 is 5.73 Å². The molecule has 0 fully saturated rings. The molecule has 0 aliphatic rings. The van der Waals surface area contributed by atoms with Crippen LogP contribution >= 0.6 is 15.9 Å². The van der Waals surface area contributed by atoms with Gasteiger partial charge in [-0.2, -0.15) is 4.98 Å². The van der Waals surface area contributed by atoms with Crippen LogP contribution in [0.4, 0.5) is 5.95 Å². The number of halogens is 1. The molecule has 0 aliphatic heterocycles.